The third kappa shape index (κ3) is 6.60. The summed E-state index contributed by atoms with van der Waals surface area (Å²) in [5, 5.41) is 13.9. The van der Waals surface area contributed by atoms with Crippen molar-refractivity contribution in [1.82, 2.24) is 4.90 Å². The summed E-state index contributed by atoms with van der Waals surface area (Å²) >= 11 is 1.48. The second kappa shape index (κ2) is 9.57. The molecular weight excluding hydrogens is 416 g/mol. The highest BCUT2D eigenvalue weighted by molar-refractivity contribution is 7.99. The van der Waals surface area contributed by atoms with Gasteiger partial charge < -0.3 is 14.5 Å². The number of hydrogen-bond acceptors (Lipinski definition) is 7. The van der Waals surface area contributed by atoms with Crippen molar-refractivity contribution in [3.05, 3.63) is 52.6 Å². The lowest BCUT2D eigenvalue weighted by atomic mass is 10.2. The number of nitrogens with one attached hydrogen (secondary N) is 1. The zero-order valence-electron chi connectivity index (χ0n) is 18.3. The Labute approximate surface area is 186 Å². The number of anilines is 2. The number of benzene rings is 2. The molecule has 9 heteroatoms. The van der Waals surface area contributed by atoms with E-state index in [1.54, 1.807) is 32.9 Å². The Kier molecular flexibility index (Phi) is 7.07. The first-order chi connectivity index (χ1) is 14.6. The Hall–Kier alpha value is -2.78. The SMILES string of the molecule is CN1CCN(c2ccc(Sc3ccc([N+](=O)[O-])c(NC(=O)OC(C)(C)C)c3)cc2)CC1. The number of hydrogen-bond donors (Lipinski definition) is 1. The molecule has 0 atom stereocenters. The molecule has 3 rings (SSSR count). The number of nitro groups is 1. The van der Waals surface area contributed by atoms with Crippen LogP contribution in [-0.4, -0.2) is 54.7 Å². The van der Waals surface area contributed by atoms with E-state index in [1.165, 1.54) is 23.5 Å². The zero-order valence-corrected chi connectivity index (χ0v) is 19.1. The van der Waals surface area contributed by atoms with Crippen LogP contribution in [0.3, 0.4) is 0 Å². The third-order valence-corrected chi connectivity index (χ3v) is 5.74. The van der Waals surface area contributed by atoms with Crippen LogP contribution < -0.4 is 10.2 Å². The number of carbonyl (C=O) groups is 1. The van der Waals surface area contributed by atoms with Crippen LogP contribution in [0.2, 0.25) is 0 Å². The lowest BCUT2D eigenvalue weighted by Gasteiger charge is -2.34. The van der Waals surface area contributed by atoms with Crippen molar-refractivity contribution in [3.8, 4) is 0 Å². The minimum atomic E-state index is -0.728. The van der Waals surface area contributed by atoms with Gasteiger partial charge in [0, 0.05) is 47.7 Å². The highest BCUT2D eigenvalue weighted by atomic mass is 32.2. The van der Waals surface area contributed by atoms with Crippen LogP contribution >= 0.6 is 11.8 Å². The van der Waals surface area contributed by atoms with Crippen molar-refractivity contribution >= 4 is 34.9 Å². The molecule has 0 aliphatic carbocycles. The van der Waals surface area contributed by atoms with Gasteiger partial charge >= 0.3 is 6.09 Å². The molecule has 0 saturated carbocycles. The molecule has 0 aromatic heterocycles. The first kappa shape index (κ1) is 22.9. The molecule has 0 spiro atoms. The average molecular weight is 445 g/mol. The van der Waals surface area contributed by atoms with Crippen LogP contribution in [0, 0.1) is 10.1 Å². The number of rotatable bonds is 5. The van der Waals surface area contributed by atoms with E-state index in [2.05, 4.69) is 34.3 Å². The van der Waals surface area contributed by atoms with Crippen LogP contribution in [0.25, 0.3) is 0 Å². The van der Waals surface area contributed by atoms with Crippen LogP contribution in [-0.2, 0) is 4.74 Å². The van der Waals surface area contributed by atoms with Crippen LogP contribution in [0.5, 0.6) is 0 Å². The highest BCUT2D eigenvalue weighted by Crippen LogP contribution is 2.35. The van der Waals surface area contributed by atoms with Gasteiger partial charge in [-0.05, 0) is 64.2 Å². The Balaban J connectivity index is 1.72. The second-order valence-corrected chi connectivity index (χ2v) is 9.60. The highest BCUT2D eigenvalue weighted by Gasteiger charge is 2.21. The smallest absolute Gasteiger partial charge is 0.412 e. The van der Waals surface area contributed by atoms with E-state index in [4.69, 9.17) is 4.74 Å². The Morgan fingerprint density at radius 1 is 1.06 bits per heavy atom. The van der Waals surface area contributed by atoms with Crippen molar-refractivity contribution in [2.75, 3.05) is 43.4 Å². The van der Waals surface area contributed by atoms with Crippen molar-refractivity contribution < 1.29 is 14.5 Å². The molecule has 1 saturated heterocycles. The molecule has 166 valence electrons. The Morgan fingerprint density at radius 2 is 1.68 bits per heavy atom. The van der Waals surface area contributed by atoms with Gasteiger partial charge in [0.05, 0.1) is 4.92 Å². The molecule has 2 aromatic rings. The van der Waals surface area contributed by atoms with E-state index in [1.807, 2.05) is 12.1 Å². The van der Waals surface area contributed by atoms with Gasteiger partial charge in [-0.3, -0.25) is 15.4 Å². The van der Waals surface area contributed by atoms with E-state index >= 15 is 0 Å². The maximum Gasteiger partial charge on any atom is 0.412 e. The first-order valence-electron chi connectivity index (χ1n) is 10.1. The normalized spacial score (nSPS) is 14.9. The van der Waals surface area contributed by atoms with Crippen LogP contribution in [0.15, 0.2) is 52.3 Å². The van der Waals surface area contributed by atoms with Gasteiger partial charge in [0.25, 0.3) is 5.69 Å². The van der Waals surface area contributed by atoms with Gasteiger partial charge in [0.15, 0.2) is 0 Å². The van der Waals surface area contributed by atoms with E-state index < -0.39 is 16.6 Å². The molecule has 1 N–H and O–H groups in total. The maximum absolute atomic E-state index is 12.1. The maximum atomic E-state index is 12.1. The summed E-state index contributed by atoms with van der Waals surface area (Å²) in [5.41, 5.74) is 0.420. The lowest BCUT2D eigenvalue weighted by molar-refractivity contribution is -0.384. The van der Waals surface area contributed by atoms with Crippen molar-refractivity contribution in [1.29, 1.82) is 0 Å². The van der Waals surface area contributed by atoms with Crippen molar-refractivity contribution in [2.24, 2.45) is 0 Å². The van der Waals surface area contributed by atoms with Crippen LogP contribution in [0.1, 0.15) is 20.8 Å². The summed E-state index contributed by atoms with van der Waals surface area (Å²) in [4.78, 5) is 29.4. The molecule has 1 fully saturated rings. The largest absolute Gasteiger partial charge is 0.444 e. The predicted octanol–water partition coefficient (Wildman–Crippen LogP) is 4.84. The standard InChI is InChI=1S/C22H28N4O4S/c1-22(2,3)30-21(27)23-19-15-18(9-10-20(19)26(28)29)31-17-7-5-16(6-8-17)25-13-11-24(4)12-14-25/h5-10,15H,11-14H2,1-4H3,(H,23,27). The third-order valence-electron chi connectivity index (χ3n) is 4.74. The summed E-state index contributed by atoms with van der Waals surface area (Å²) in [6, 6.07) is 12.9. The fourth-order valence-corrected chi connectivity index (χ4v) is 4.03. The van der Waals surface area contributed by atoms with Gasteiger partial charge in [0.2, 0.25) is 0 Å². The lowest BCUT2D eigenvalue weighted by Crippen LogP contribution is -2.44. The molecule has 2 aromatic carbocycles. The van der Waals surface area contributed by atoms with Gasteiger partial charge in [-0.15, -0.1) is 0 Å². The fourth-order valence-electron chi connectivity index (χ4n) is 3.18. The summed E-state index contributed by atoms with van der Waals surface area (Å²) in [6.45, 7) is 9.31. The number of piperazine rings is 1. The number of amides is 1. The average Bonchev–Trinajstić information content (AvgIpc) is 2.68. The number of nitro benzene ring substituents is 1. The minimum Gasteiger partial charge on any atom is -0.444 e. The minimum absolute atomic E-state index is 0.110. The number of likely N-dealkylation sites (N-methyl/N-ethyl adjacent to an activating group) is 1. The second-order valence-electron chi connectivity index (χ2n) is 8.45. The van der Waals surface area contributed by atoms with E-state index in [0.717, 1.165) is 36.0 Å². The van der Waals surface area contributed by atoms with E-state index in [9.17, 15) is 14.9 Å². The van der Waals surface area contributed by atoms with Gasteiger partial charge in [0.1, 0.15) is 11.3 Å². The van der Waals surface area contributed by atoms with Gasteiger partial charge in [-0.1, -0.05) is 11.8 Å². The van der Waals surface area contributed by atoms with Crippen LogP contribution in [0.4, 0.5) is 21.9 Å². The van der Waals surface area contributed by atoms with Gasteiger partial charge in [-0.25, -0.2) is 4.79 Å². The molecule has 0 unspecified atom stereocenters. The quantitative estimate of drug-likeness (QED) is 0.521. The van der Waals surface area contributed by atoms with Gasteiger partial charge in [-0.2, -0.15) is 0 Å². The zero-order chi connectivity index (χ0) is 22.6. The van der Waals surface area contributed by atoms with Crippen molar-refractivity contribution in [3.63, 3.8) is 0 Å². The van der Waals surface area contributed by atoms with Crippen molar-refractivity contribution in [2.45, 2.75) is 36.2 Å². The van der Waals surface area contributed by atoms with E-state index in [0.29, 0.717) is 0 Å². The number of carbonyl (C=O) groups excluding carboxylic acids is 1. The Morgan fingerprint density at radius 3 is 2.26 bits per heavy atom. The number of ether oxygens (including phenoxy) is 1. The molecule has 1 heterocycles. The molecule has 0 bridgehead atoms. The summed E-state index contributed by atoms with van der Waals surface area (Å²) in [7, 11) is 2.13. The molecule has 1 aliphatic rings. The Bertz CT molecular complexity index is 936. The molecular formula is C22H28N4O4S. The molecule has 1 aliphatic heterocycles. The molecule has 31 heavy (non-hydrogen) atoms. The van der Waals surface area contributed by atoms with E-state index in [-0.39, 0.29) is 11.4 Å². The fraction of sp³-hybridized carbons (Fsp3) is 0.409. The monoisotopic (exact) mass is 444 g/mol. The molecule has 0 radical (unpaired) electrons. The topological polar surface area (TPSA) is 88.0 Å². The predicted molar refractivity (Wildman–Crippen MR) is 123 cm³/mol. The number of nitrogens with zero attached hydrogens (tertiary/aromatic N) is 3. The molecule has 1 amide bonds. The summed E-state index contributed by atoms with van der Waals surface area (Å²) < 4.78 is 5.22. The first-order valence-corrected chi connectivity index (χ1v) is 10.9. The summed E-state index contributed by atoms with van der Waals surface area (Å²) in [5.74, 6) is 0. The summed E-state index contributed by atoms with van der Waals surface area (Å²) in [6.07, 6.45) is -0.728. The molecule has 8 nitrogen and oxygen atoms in total.